The highest BCUT2D eigenvalue weighted by Crippen LogP contribution is 2.43. The van der Waals surface area contributed by atoms with Crippen molar-refractivity contribution in [2.45, 2.75) is 62.9 Å². The molecule has 0 saturated carbocycles. The van der Waals surface area contributed by atoms with E-state index in [0.29, 0.717) is 19.4 Å². The van der Waals surface area contributed by atoms with E-state index in [0.717, 1.165) is 25.9 Å². The first-order valence-electron chi connectivity index (χ1n) is 7.57. The first kappa shape index (κ1) is 21.1. The Morgan fingerprint density at radius 3 is 1.86 bits per heavy atom. The van der Waals surface area contributed by atoms with Crippen molar-refractivity contribution < 1.29 is 4.79 Å². The summed E-state index contributed by atoms with van der Waals surface area (Å²) >= 11 is 9.21. The Bertz CT molecular complexity index is 306. The van der Waals surface area contributed by atoms with Gasteiger partial charge in [-0.2, -0.15) is 25.3 Å². The summed E-state index contributed by atoms with van der Waals surface area (Å²) < 4.78 is -0.502. The molecule has 0 unspecified atom stereocenters. The molecule has 0 aromatic heterocycles. The number of primary amides is 1. The second-order valence-electron chi connectivity index (χ2n) is 7.27. The molecule has 21 heavy (non-hydrogen) atoms. The van der Waals surface area contributed by atoms with Crippen molar-refractivity contribution in [3.8, 4) is 0 Å². The maximum Gasteiger partial charge on any atom is 0.223 e. The minimum absolute atomic E-state index is 0.245. The Labute approximate surface area is 141 Å². The van der Waals surface area contributed by atoms with Gasteiger partial charge in [0.25, 0.3) is 0 Å². The number of rotatable bonds is 11. The van der Waals surface area contributed by atoms with Gasteiger partial charge in [0.05, 0.1) is 5.41 Å². The summed E-state index contributed by atoms with van der Waals surface area (Å²) in [7, 11) is 0. The molecular formula is C15H33N3OS2. The van der Waals surface area contributed by atoms with Crippen molar-refractivity contribution in [3.05, 3.63) is 0 Å². The summed E-state index contributed by atoms with van der Waals surface area (Å²) in [5.74, 6) is -0.245. The van der Waals surface area contributed by atoms with Gasteiger partial charge in [0.1, 0.15) is 0 Å². The maximum atomic E-state index is 12.2. The molecule has 0 rings (SSSR count). The molecule has 0 aliphatic heterocycles. The van der Waals surface area contributed by atoms with Crippen molar-refractivity contribution in [2.24, 2.45) is 16.9 Å². The van der Waals surface area contributed by atoms with Gasteiger partial charge >= 0.3 is 0 Å². The molecule has 4 nitrogen and oxygen atoms in total. The second kappa shape index (κ2) is 8.65. The molecule has 0 fully saturated rings. The number of carbonyl (C=O) groups is 1. The molecule has 0 aromatic carbocycles. The van der Waals surface area contributed by atoms with Gasteiger partial charge in [-0.15, -0.1) is 0 Å². The summed E-state index contributed by atoms with van der Waals surface area (Å²) in [5, 5.41) is 3.26. The van der Waals surface area contributed by atoms with E-state index < -0.39 is 5.41 Å². The van der Waals surface area contributed by atoms with Crippen molar-refractivity contribution in [1.82, 2.24) is 5.32 Å². The minimum atomic E-state index is -0.569. The monoisotopic (exact) mass is 335 g/mol. The molecule has 0 spiro atoms. The van der Waals surface area contributed by atoms with E-state index in [1.165, 1.54) is 0 Å². The third-order valence-electron chi connectivity index (χ3n) is 3.39. The van der Waals surface area contributed by atoms with Crippen molar-refractivity contribution in [1.29, 1.82) is 0 Å². The largest absolute Gasteiger partial charge is 0.369 e. The molecular weight excluding hydrogens is 302 g/mol. The highest BCUT2D eigenvalue weighted by Gasteiger charge is 2.42. The molecule has 0 heterocycles. The zero-order chi connectivity index (χ0) is 16.7. The Morgan fingerprint density at radius 1 is 1.05 bits per heavy atom. The van der Waals surface area contributed by atoms with Crippen molar-refractivity contribution >= 4 is 31.2 Å². The lowest BCUT2D eigenvalue weighted by Crippen LogP contribution is -2.45. The zero-order valence-electron chi connectivity index (χ0n) is 13.9. The SMILES string of the molecule is CC(C)(S)CC(CCCNCCN)(CC(C)(C)S)C(N)=O. The average molecular weight is 336 g/mol. The fourth-order valence-electron chi connectivity index (χ4n) is 2.97. The standard InChI is InChI=1S/C15H33N3OS2/c1-13(2,20)10-15(12(17)19,11-14(3,4)21)6-5-8-18-9-7-16/h18,20-21H,5-11,16H2,1-4H3,(H2,17,19). The lowest BCUT2D eigenvalue weighted by molar-refractivity contribution is -0.129. The predicted octanol–water partition coefficient (Wildman–Crippen LogP) is 1.98. The van der Waals surface area contributed by atoms with Gasteiger partial charge < -0.3 is 16.8 Å². The van der Waals surface area contributed by atoms with Gasteiger partial charge in [0.15, 0.2) is 0 Å². The Kier molecular flexibility index (Phi) is 8.69. The molecule has 1 amide bonds. The molecule has 0 aliphatic rings. The van der Waals surface area contributed by atoms with E-state index in [-0.39, 0.29) is 15.4 Å². The molecule has 0 bridgehead atoms. The summed E-state index contributed by atoms with van der Waals surface area (Å²) in [6.07, 6.45) is 2.93. The predicted molar refractivity (Wildman–Crippen MR) is 98.1 cm³/mol. The highest BCUT2D eigenvalue weighted by atomic mass is 32.1. The van der Waals surface area contributed by atoms with E-state index in [4.69, 9.17) is 11.5 Å². The van der Waals surface area contributed by atoms with Gasteiger partial charge in [-0.25, -0.2) is 0 Å². The molecule has 6 heteroatoms. The van der Waals surface area contributed by atoms with E-state index in [1.54, 1.807) is 0 Å². The van der Waals surface area contributed by atoms with Gasteiger partial charge in [0, 0.05) is 22.6 Å². The Balaban J connectivity index is 4.97. The van der Waals surface area contributed by atoms with Crippen LogP contribution >= 0.6 is 25.3 Å². The van der Waals surface area contributed by atoms with Crippen LogP contribution in [0.2, 0.25) is 0 Å². The molecule has 5 N–H and O–H groups in total. The molecule has 0 saturated heterocycles. The van der Waals surface area contributed by atoms with Crippen molar-refractivity contribution in [2.75, 3.05) is 19.6 Å². The fraction of sp³-hybridized carbons (Fsp3) is 0.933. The molecule has 0 radical (unpaired) electrons. The normalized spacial score (nSPS) is 13.5. The average Bonchev–Trinajstić information content (AvgIpc) is 2.23. The maximum absolute atomic E-state index is 12.2. The zero-order valence-corrected chi connectivity index (χ0v) is 15.7. The van der Waals surface area contributed by atoms with Crippen LogP contribution in [0.1, 0.15) is 53.4 Å². The molecule has 0 atom stereocenters. The summed E-state index contributed by atoms with van der Waals surface area (Å²) in [5.41, 5.74) is 10.7. The number of hydrogen-bond donors (Lipinski definition) is 5. The highest BCUT2D eigenvalue weighted by molar-refractivity contribution is 7.82. The smallest absolute Gasteiger partial charge is 0.223 e. The number of amides is 1. The number of nitrogens with two attached hydrogens (primary N) is 2. The number of nitrogens with one attached hydrogen (secondary N) is 1. The van der Waals surface area contributed by atoms with Gasteiger partial charge in [-0.05, 0) is 32.2 Å². The van der Waals surface area contributed by atoms with Crippen LogP contribution in [0.4, 0.5) is 0 Å². The van der Waals surface area contributed by atoms with E-state index in [1.807, 2.05) is 27.7 Å². The van der Waals surface area contributed by atoms with E-state index in [9.17, 15) is 4.79 Å². The summed E-state index contributed by atoms with van der Waals surface area (Å²) in [6.45, 7) is 10.3. The van der Waals surface area contributed by atoms with Crippen LogP contribution in [-0.2, 0) is 4.79 Å². The fourth-order valence-corrected chi connectivity index (χ4v) is 3.58. The van der Waals surface area contributed by atoms with Gasteiger partial charge in [-0.1, -0.05) is 27.7 Å². The quantitative estimate of drug-likeness (QED) is 0.296. The van der Waals surface area contributed by atoms with Gasteiger partial charge in [-0.3, -0.25) is 4.79 Å². The van der Waals surface area contributed by atoms with Crippen LogP contribution in [0.25, 0.3) is 0 Å². The van der Waals surface area contributed by atoms with Crippen LogP contribution in [0.5, 0.6) is 0 Å². The molecule has 0 aromatic rings. The third-order valence-corrected chi connectivity index (χ3v) is 3.71. The van der Waals surface area contributed by atoms with Crippen LogP contribution in [0.3, 0.4) is 0 Å². The summed E-state index contributed by atoms with van der Waals surface area (Å²) in [6, 6.07) is 0. The number of thiol groups is 2. The topological polar surface area (TPSA) is 81.1 Å². The Morgan fingerprint density at radius 2 is 1.52 bits per heavy atom. The van der Waals surface area contributed by atoms with Crippen LogP contribution in [-0.4, -0.2) is 35.0 Å². The molecule has 126 valence electrons. The third kappa shape index (κ3) is 9.66. The van der Waals surface area contributed by atoms with Crippen LogP contribution in [0, 0.1) is 5.41 Å². The number of hydrogen-bond acceptors (Lipinski definition) is 5. The van der Waals surface area contributed by atoms with Crippen LogP contribution < -0.4 is 16.8 Å². The van der Waals surface area contributed by atoms with E-state index in [2.05, 4.69) is 30.6 Å². The van der Waals surface area contributed by atoms with E-state index >= 15 is 0 Å². The summed E-state index contributed by atoms with van der Waals surface area (Å²) in [4.78, 5) is 12.2. The first-order valence-corrected chi connectivity index (χ1v) is 8.47. The first-order chi connectivity index (χ1) is 9.42. The van der Waals surface area contributed by atoms with Crippen LogP contribution in [0.15, 0.2) is 0 Å². The minimum Gasteiger partial charge on any atom is -0.369 e. The Hall–Kier alpha value is 0.0900. The van der Waals surface area contributed by atoms with Crippen molar-refractivity contribution in [3.63, 3.8) is 0 Å². The lowest BCUT2D eigenvalue weighted by Gasteiger charge is -2.40. The lowest BCUT2D eigenvalue weighted by atomic mass is 9.70. The second-order valence-corrected chi connectivity index (χ2v) is 9.69. The molecule has 0 aliphatic carbocycles. The number of carbonyl (C=O) groups excluding carboxylic acids is 1. The van der Waals surface area contributed by atoms with Gasteiger partial charge in [0.2, 0.25) is 5.91 Å².